The summed E-state index contributed by atoms with van der Waals surface area (Å²) in [5.74, 6) is 0. The number of benzene rings is 1. The fraction of sp³-hybridized carbons (Fsp3) is 0.286. The first kappa shape index (κ1) is 13.1. The van der Waals surface area contributed by atoms with Gasteiger partial charge in [-0.2, -0.15) is 0 Å². The number of fused-ring (bicyclic) bond motifs is 1. The molecule has 0 bridgehead atoms. The average Bonchev–Trinajstić information content (AvgIpc) is 2.70. The number of aromatic nitrogens is 1. The summed E-state index contributed by atoms with van der Waals surface area (Å²) in [5, 5.41) is 12.4. The SMILES string of the molecule is CC(C)(C)OC(=O)n1ccc2ccc(/C=N\O)cc21. The number of hydrogen-bond acceptors (Lipinski definition) is 4. The highest BCUT2D eigenvalue weighted by atomic mass is 16.6. The molecule has 0 atom stereocenters. The molecule has 100 valence electrons. The van der Waals surface area contributed by atoms with Crippen molar-refractivity contribution in [2.75, 3.05) is 0 Å². The number of carbonyl (C=O) groups is 1. The molecule has 0 aliphatic carbocycles. The Morgan fingerprint density at radius 1 is 1.37 bits per heavy atom. The van der Waals surface area contributed by atoms with E-state index in [4.69, 9.17) is 9.94 Å². The largest absolute Gasteiger partial charge is 0.443 e. The van der Waals surface area contributed by atoms with E-state index in [0.717, 1.165) is 5.39 Å². The fourth-order valence-electron chi connectivity index (χ4n) is 1.76. The summed E-state index contributed by atoms with van der Waals surface area (Å²) in [4.78, 5) is 12.1. The molecule has 1 heterocycles. The Bertz CT molecular complexity index is 636. The Morgan fingerprint density at radius 2 is 2.11 bits per heavy atom. The lowest BCUT2D eigenvalue weighted by Crippen LogP contribution is -2.26. The molecular formula is C14H16N2O3. The summed E-state index contributed by atoms with van der Waals surface area (Å²) in [6.45, 7) is 5.46. The zero-order valence-corrected chi connectivity index (χ0v) is 11.1. The van der Waals surface area contributed by atoms with Gasteiger partial charge in [-0.25, -0.2) is 4.79 Å². The third-order valence-corrected chi connectivity index (χ3v) is 2.51. The minimum absolute atomic E-state index is 0.430. The molecule has 0 fully saturated rings. The van der Waals surface area contributed by atoms with Gasteiger partial charge in [0.05, 0.1) is 11.7 Å². The van der Waals surface area contributed by atoms with Crippen molar-refractivity contribution < 1.29 is 14.7 Å². The zero-order chi connectivity index (χ0) is 14.0. The molecule has 2 rings (SSSR count). The molecule has 5 nitrogen and oxygen atoms in total. The maximum atomic E-state index is 12.1. The highest BCUT2D eigenvalue weighted by molar-refractivity contribution is 5.93. The van der Waals surface area contributed by atoms with Crippen molar-refractivity contribution in [1.82, 2.24) is 4.57 Å². The summed E-state index contributed by atoms with van der Waals surface area (Å²) >= 11 is 0. The van der Waals surface area contributed by atoms with Gasteiger partial charge in [0.2, 0.25) is 0 Å². The Morgan fingerprint density at radius 3 is 2.74 bits per heavy atom. The number of carbonyl (C=O) groups excluding carboxylic acids is 1. The van der Waals surface area contributed by atoms with Crippen LogP contribution in [0.3, 0.4) is 0 Å². The lowest BCUT2D eigenvalue weighted by Gasteiger charge is -2.19. The zero-order valence-electron chi connectivity index (χ0n) is 11.1. The van der Waals surface area contributed by atoms with E-state index >= 15 is 0 Å². The third kappa shape index (κ3) is 2.93. The average molecular weight is 260 g/mol. The topological polar surface area (TPSA) is 63.8 Å². The first-order valence-electron chi connectivity index (χ1n) is 5.92. The van der Waals surface area contributed by atoms with Gasteiger partial charge < -0.3 is 9.94 Å². The maximum Gasteiger partial charge on any atom is 0.418 e. The predicted molar refractivity (Wildman–Crippen MR) is 73.0 cm³/mol. The summed E-state index contributed by atoms with van der Waals surface area (Å²) in [7, 11) is 0. The molecule has 0 saturated carbocycles. The molecule has 5 heteroatoms. The van der Waals surface area contributed by atoms with Crippen LogP contribution in [0, 0.1) is 0 Å². The molecule has 0 radical (unpaired) electrons. The molecule has 0 spiro atoms. The molecule has 1 aromatic carbocycles. The molecule has 1 aromatic heterocycles. The lowest BCUT2D eigenvalue weighted by molar-refractivity contribution is 0.0544. The van der Waals surface area contributed by atoms with Crippen molar-refractivity contribution in [3.8, 4) is 0 Å². The van der Waals surface area contributed by atoms with Crippen molar-refractivity contribution in [3.05, 3.63) is 36.0 Å². The van der Waals surface area contributed by atoms with Crippen LogP contribution in [-0.2, 0) is 4.74 Å². The summed E-state index contributed by atoms with van der Waals surface area (Å²) < 4.78 is 6.77. The minimum atomic E-state index is -0.544. The molecule has 19 heavy (non-hydrogen) atoms. The number of hydrogen-bond donors (Lipinski definition) is 1. The lowest BCUT2D eigenvalue weighted by atomic mass is 10.2. The maximum absolute atomic E-state index is 12.1. The smallest absolute Gasteiger partial charge is 0.418 e. The first-order chi connectivity index (χ1) is 8.90. The van der Waals surface area contributed by atoms with E-state index in [9.17, 15) is 4.79 Å². The van der Waals surface area contributed by atoms with Gasteiger partial charge in [0, 0.05) is 11.6 Å². The second kappa shape index (κ2) is 4.76. The van der Waals surface area contributed by atoms with Gasteiger partial charge in [-0.3, -0.25) is 4.57 Å². The Kier molecular flexibility index (Phi) is 3.29. The van der Waals surface area contributed by atoms with Crippen molar-refractivity contribution >= 4 is 23.2 Å². The third-order valence-electron chi connectivity index (χ3n) is 2.51. The van der Waals surface area contributed by atoms with Crippen LogP contribution >= 0.6 is 0 Å². The normalized spacial score (nSPS) is 12.2. The molecule has 0 aliphatic heterocycles. The van der Waals surface area contributed by atoms with E-state index in [-0.39, 0.29) is 0 Å². The molecule has 1 N–H and O–H groups in total. The summed E-state index contributed by atoms with van der Waals surface area (Å²) in [6, 6.07) is 7.26. The molecule has 0 aliphatic rings. The van der Waals surface area contributed by atoms with Gasteiger partial charge >= 0.3 is 6.09 Å². The van der Waals surface area contributed by atoms with Crippen molar-refractivity contribution in [2.24, 2.45) is 5.16 Å². The summed E-state index contributed by atoms with van der Waals surface area (Å²) in [6.07, 6.45) is 2.55. The highest BCUT2D eigenvalue weighted by Crippen LogP contribution is 2.19. The standard InChI is InChI=1S/C14H16N2O3/c1-14(2,3)19-13(17)16-7-6-11-5-4-10(9-15-18)8-12(11)16/h4-9,18H,1-3H3/b15-9-. The van der Waals surface area contributed by atoms with Gasteiger partial charge in [-0.05, 0) is 38.5 Å². The second-order valence-corrected chi connectivity index (χ2v) is 5.23. The first-order valence-corrected chi connectivity index (χ1v) is 5.92. The quantitative estimate of drug-likeness (QED) is 0.486. The molecule has 0 saturated heterocycles. The monoisotopic (exact) mass is 260 g/mol. The van der Waals surface area contributed by atoms with E-state index in [1.807, 2.05) is 39.0 Å². The molecular weight excluding hydrogens is 244 g/mol. The van der Waals surface area contributed by atoms with Crippen LogP contribution < -0.4 is 0 Å². The van der Waals surface area contributed by atoms with Crippen LogP contribution in [0.25, 0.3) is 10.9 Å². The Hall–Kier alpha value is -2.30. The molecule has 0 unspecified atom stereocenters. The van der Waals surface area contributed by atoms with Crippen molar-refractivity contribution in [1.29, 1.82) is 0 Å². The van der Waals surface area contributed by atoms with E-state index in [0.29, 0.717) is 11.1 Å². The van der Waals surface area contributed by atoms with Gasteiger partial charge in [-0.15, -0.1) is 0 Å². The second-order valence-electron chi connectivity index (χ2n) is 5.23. The van der Waals surface area contributed by atoms with Crippen molar-refractivity contribution in [3.63, 3.8) is 0 Å². The van der Waals surface area contributed by atoms with Gasteiger partial charge in [0.1, 0.15) is 5.60 Å². The van der Waals surface area contributed by atoms with E-state index in [1.165, 1.54) is 10.8 Å². The van der Waals surface area contributed by atoms with Crippen LogP contribution in [0.4, 0.5) is 4.79 Å². The van der Waals surface area contributed by atoms with E-state index in [2.05, 4.69) is 5.16 Å². The van der Waals surface area contributed by atoms with Crippen LogP contribution in [-0.4, -0.2) is 27.7 Å². The Labute approximate surface area is 111 Å². The summed E-state index contributed by atoms with van der Waals surface area (Å²) in [5.41, 5.74) is 0.878. The number of rotatable bonds is 1. The highest BCUT2D eigenvalue weighted by Gasteiger charge is 2.18. The number of ether oxygens (including phenoxy) is 1. The fourth-order valence-corrected chi connectivity index (χ4v) is 1.76. The number of oxime groups is 1. The Balaban J connectivity index is 2.43. The van der Waals surface area contributed by atoms with Gasteiger partial charge in [-0.1, -0.05) is 17.3 Å². The molecule has 0 amide bonds. The minimum Gasteiger partial charge on any atom is -0.443 e. The van der Waals surface area contributed by atoms with E-state index in [1.54, 1.807) is 12.3 Å². The van der Waals surface area contributed by atoms with Crippen LogP contribution in [0.1, 0.15) is 26.3 Å². The van der Waals surface area contributed by atoms with E-state index < -0.39 is 11.7 Å². The van der Waals surface area contributed by atoms with Crippen LogP contribution in [0.5, 0.6) is 0 Å². The number of nitrogens with zero attached hydrogens (tertiary/aromatic N) is 2. The van der Waals surface area contributed by atoms with Crippen molar-refractivity contribution in [2.45, 2.75) is 26.4 Å². The van der Waals surface area contributed by atoms with Gasteiger partial charge in [0.25, 0.3) is 0 Å². The van der Waals surface area contributed by atoms with Crippen LogP contribution in [0.2, 0.25) is 0 Å². The van der Waals surface area contributed by atoms with Gasteiger partial charge in [0.15, 0.2) is 0 Å². The predicted octanol–water partition coefficient (Wildman–Crippen LogP) is 3.23. The molecule has 2 aromatic rings. The van der Waals surface area contributed by atoms with Crippen LogP contribution in [0.15, 0.2) is 35.6 Å².